The molecule has 5 rings (SSSR count). The summed E-state index contributed by atoms with van der Waals surface area (Å²) >= 11 is 3.01. The van der Waals surface area contributed by atoms with Gasteiger partial charge in [0.1, 0.15) is 28.5 Å². The lowest BCUT2D eigenvalue weighted by molar-refractivity contribution is -0.384. The van der Waals surface area contributed by atoms with E-state index in [-0.39, 0.29) is 29.9 Å². The van der Waals surface area contributed by atoms with Crippen molar-refractivity contribution < 1.29 is 24.4 Å². The number of nitro benzene ring substituents is 1. The van der Waals surface area contributed by atoms with E-state index in [1.165, 1.54) is 52.3 Å². The highest BCUT2D eigenvalue weighted by Crippen LogP contribution is 2.48. The maximum Gasteiger partial charge on any atom is 0.355 e. The Morgan fingerprint density at radius 1 is 1.41 bits per heavy atom. The van der Waals surface area contributed by atoms with Gasteiger partial charge < -0.3 is 14.7 Å². The molecule has 2 aliphatic rings. The van der Waals surface area contributed by atoms with E-state index in [0.717, 1.165) is 14.7 Å². The van der Waals surface area contributed by atoms with Crippen LogP contribution in [0, 0.1) is 16.0 Å². The van der Waals surface area contributed by atoms with Crippen LogP contribution in [-0.4, -0.2) is 54.6 Å². The average molecular weight is 501 g/mol. The van der Waals surface area contributed by atoms with Crippen LogP contribution in [-0.2, 0) is 20.9 Å². The fourth-order valence-electron chi connectivity index (χ4n) is 4.47. The Morgan fingerprint density at radius 3 is 2.79 bits per heavy atom. The monoisotopic (exact) mass is 500 g/mol. The van der Waals surface area contributed by atoms with Gasteiger partial charge in [0.15, 0.2) is 0 Å². The first-order valence-electron chi connectivity index (χ1n) is 10.5. The number of imidazole rings is 1. The minimum Gasteiger partial charge on any atom is -0.456 e. The lowest BCUT2D eigenvalue weighted by atomic mass is 9.83. The first kappa shape index (κ1) is 22.6. The van der Waals surface area contributed by atoms with E-state index in [9.17, 15) is 24.8 Å². The number of ether oxygens (including phenoxy) is 1. The summed E-state index contributed by atoms with van der Waals surface area (Å²) < 4.78 is 7.41. The number of hydrogen-bond acceptors (Lipinski definition) is 9. The molecule has 0 radical (unpaired) electrons. The molecule has 0 bridgehead atoms. The second-order valence-corrected chi connectivity index (χ2v) is 9.96. The summed E-state index contributed by atoms with van der Waals surface area (Å²) in [7, 11) is 0. The molecule has 0 aliphatic carbocycles. The highest BCUT2D eigenvalue weighted by atomic mass is 32.2. The highest BCUT2D eigenvalue weighted by Gasteiger charge is 2.57. The van der Waals surface area contributed by atoms with Gasteiger partial charge in [-0.2, -0.15) is 0 Å². The third kappa shape index (κ3) is 3.58. The fourth-order valence-corrected chi connectivity index (χ4v) is 6.30. The van der Waals surface area contributed by atoms with E-state index in [1.807, 2.05) is 16.9 Å². The Kier molecular flexibility index (Phi) is 5.66. The number of thiazole rings is 1. The summed E-state index contributed by atoms with van der Waals surface area (Å²) in [5.41, 5.74) is 1.43. The van der Waals surface area contributed by atoms with Crippen molar-refractivity contribution in [2.24, 2.45) is 5.92 Å². The van der Waals surface area contributed by atoms with E-state index in [0.29, 0.717) is 17.6 Å². The van der Waals surface area contributed by atoms with E-state index in [2.05, 4.69) is 4.98 Å². The number of fused-ring (bicyclic) bond motifs is 2. The Morgan fingerprint density at radius 2 is 2.15 bits per heavy atom. The van der Waals surface area contributed by atoms with Crippen molar-refractivity contribution in [3.05, 3.63) is 63.0 Å². The van der Waals surface area contributed by atoms with Gasteiger partial charge in [-0.25, -0.2) is 9.78 Å². The van der Waals surface area contributed by atoms with Gasteiger partial charge in [-0.15, -0.1) is 23.1 Å². The van der Waals surface area contributed by atoms with Crippen LogP contribution < -0.4 is 0 Å². The molecule has 0 spiro atoms. The molecule has 3 aromatic rings. The van der Waals surface area contributed by atoms with E-state index in [1.54, 1.807) is 13.3 Å². The summed E-state index contributed by atoms with van der Waals surface area (Å²) in [6.07, 6.45) is 5.16. The maximum absolute atomic E-state index is 13.2. The average Bonchev–Trinajstić information content (AvgIpc) is 3.48. The van der Waals surface area contributed by atoms with Crippen molar-refractivity contribution in [3.8, 4) is 0 Å². The van der Waals surface area contributed by atoms with Crippen LogP contribution in [0.5, 0.6) is 0 Å². The lowest BCUT2D eigenvalue weighted by Gasteiger charge is -2.44. The van der Waals surface area contributed by atoms with Crippen molar-refractivity contribution in [1.82, 2.24) is 14.3 Å². The lowest BCUT2D eigenvalue weighted by Crippen LogP contribution is -2.61. The first-order chi connectivity index (χ1) is 16.3. The van der Waals surface area contributed by atoms with Crippen molar-refractivity contribution in [1.29, 1.82) is 0 Å². The zero-order valence-electron chi connectivity index (χ0n) is 18.2. The molecule has 0 unspecified atom stereocenters. The molecular formula is C22H20N4O6S2. The number of hydrogen-bond donors (Lipinski definition) is 1. The Balaban J connectivity index is 1.45. The molecule has 1 N–H and O–H groups in total. The number of nitro groups is 1. The van der Waals surface area contributed by atoms with Crippen LogP contribution in [0.2, 0.25) is 0 Å². The predicted molar refractivity (Wildman–Crippen MR) is 125 cm³/mol. The van der Waals surface area contributed by atoms with Gasteiger partial charge >= 0.3 is 5.97 Å². The highest BCUT2D eigenvalue weighted by molar-refractivity contribution is 7.98. The zero-order valence-corrected chi connectivity index (χ0v) is 19.8. The van der Waals surface area contributed by atoms with E-state index < -0.39 is 22.9 Å². The molecule has 10 nitrogen and oxygen atoms in total. The van der Waals surface area contributed by atoms with Gasteiger partial charge in [0.25, 0.3) is 5.69 Å². The second kappa shape index (κ2) is 8.53. The molecule has 2 aromatic heterocycles. The molecule has 1 aromatic carbocycles. The van der Waals surface area contributed by atoms with Crippen LogP contribution in [0.25, 0.3) is 10.4 Å². The third-order valence-electron chi connectivity index (χ3n) is 6.11. The van der Waals surface area contributed by atoms with Gasteiger partial charge in [-0.1, -0.05) is 0 Å². The van der Waals surface area contributed by atoms with Crippen LogP contribution >= 0.6 is 23.1 Å². The number of nitrogens with zero attached hydrogens (tertiary/aromatic N) is 4. The van der Waals surface area contributed by atoms with Crippen molar-refractivity contribution in [2.75, 3.05) is 6.26 Å². The van der Waals surface area contributed by atoms with Crippen molar-refractivity contribution in [3.63, 3.8) is 0 Å². The molecule has 176 valence electrons. The predicted octanol–water partition coefficient (Wildman–Crippen LogP) is 3.09. The topological polar surface area (TPSA) is 127 Å². The molecule has 3 atom stereocenters. The standard InChI is InChI=1S/C22H20N4O6S2/c1-11(27)17-15-7-14(16-8-24-10-23-19(33-2)21(24)34-16)18(25(15)20(17)28)22(29)32-9-12-3-5-13(6-4-12)26(30)31/h3-6,8,10-11,15,17,27H,7,9H2,1-2H3/t11-,15-,17-/m1/s1. The van der Waals surface area contributed by atoms with Crippen LogP contribution in [0.4, 0.5) is 5.69 Å². The number of benzene rings is 1. The molecular weight excluding hydrogens is 480 g/mol. The minimum atomic E-state index is -0.822. The number of esters is 1. The molecule has 4 heterocycles. The number of thioether (sulfide) groups is 1. The van der Waals surface area contributed by atoms with Gasteiger partial charge in [-0.3, -0.25) is 19.3 Å². The van der Waals surface area contributed by atoms with Crippen LogP contribution in [0.15, 0.2) is 47.5 Å². The molecule has 1 amide bonds. The molecule has 1 saturated heterocycles. The molecule has 0 saturated carbocycles. The molecule has 2 aliphatic heterocycles. The number of aliphatic hydroxyl groups excluding tert-OH is 1. The number of carbonyl (C=O) groups is 2. The van der Waals surface area contributed by atoms with Crippen molar-refractivity contribution in [2.45, 2.75) is 37.1 Å². The number of β-lactam (4-membered cyclic amide) rings is 1. The Hall–Kier alpha value is -3.22. The summed E-state index contributed by atoms with van der Waals surface area (Å²) in [5, 5.41) is 21.8. The smallest absolute Gasteiger partial charge is 0.355 e. The number of aliphatic hydroxyl groups is 1. The van der Waals surface area contributed by atoms with Gasteiger partial charge in [0, 0.05) is 23.9 Å². The minimum absolute atomic E-state index is 0.0535. The summed E-state index contributed by atoms with van der Waals surface area (Å²) in [4.78, 5) is 43.9. The zero-order chi connectivity index (χ0) is 24.1. The third-order valence-corrected chi connectivity index (χ3v) is 8.09. The van der Waals surface area contributed by atoms with Gasteiger partial charge in [0.05, 0.1) is 27.9 Å². The normalized spacial score (nSPS) is 20.4. The van der Waals surface area contributed by atoms with Crippen molar-refractivity contribution >= 4 is 51.1 Å². The van der Waals surface area contributed by atoms with Crippen LogP contribution in [0.1, 0.15) is 23.8 Å². The summed E-state index contributed by atoms with van der Waals surface area (Å²) in [6.45, 7) is 1.49. The van der Waals surface area contributed by atoms with E-state index in [4.69, 9.17) is 4.74 Å². The molecule has 34 heavy (non-hydrogen) atoms. The largest absolute Gasteiger partial charge is 0.456 e. The van der Waals surface area contributed by atoms with E-state index >= 15 is 0 Å². The number of non-ortho nitro benzene ring substituents is 1. The maximum atomic E-state index is 13.2. The van der Waals surface area contributed by atoms with Gasteiger partial charge in [0.2, 0.25) is 5.91 Å². The number of amides is 1. The first-order valence-corrected chi connectivity index (χ1v) is 12.5. The molecule has 1 fully saturated rings. The van der Waals surface area contributed by atoms with Crippen LogP contribution in [0.3, 0.4) is 0 Å². The Labute approximate surface area is 202 Å². The number of aromatic nitrogens is 2. The Bertz CT molecular complexity index is 1340. The second-order valence-electron chi connectivity index (χ2n) is 8.13. The van der Waals surface area contributed by atoms with Gasteiger partial charge in [-0.05, 0) is 37.3 Å². The number of carbonyl (C=O) groups excluding carboxylic acids is 2. The summed E-state index contributed by atoms with van der Waals surface area (Å²) in [5.74, 6) is -1.51. The number of rotatable bonds is 7. The SMILES string of the molecule is CSc1ncn2cc(C3=C(C(=O)OCc4ccc([N+](=O)[O-])cc4)N4C(=O)[C@H]([C@@H](C)O)[C@H]4C3)sc12. The fraction of sp³-hybridized carbons (Fsp3) is 0.318. The summed E-state index contributed by atoms with van der Waals surface area (Å²) in [6, 6.07) is 5.44. The quantitative estimate of drug-likeness (QED) is 0.172. The molecule has 12 heteroatoms.